The summed E-state index contributed by atoms with van der Waals surface area (Å²) in [5.74, 6) is 1.41. The molecule has 0 radical (unpaired) electrons. The Kier molecular flexibility index (Phi) is 6.15. The number of ether oxygens (including phenoxy) is 1. The molecule has 0 atom stereocenters. The minimum Gasteiger partial charge on any atom is -0.497 e. The second kappa shape index (κ2) is 9.24. The van der Waals surface area contributed by atoms with Crippen molar-refractivity contribution in [3.63, 3.8) is 0 Å². The first-order valence-corrected chi connectivity index (χ1v) is 12.5. The maximum Gasteiger partial charge on any atom is 0.236 e. The molecule has 1 saturated carbocycles. The highest BCUT2D eigenvalue weighted by Crippen LogP contribution is 2.42. The van der Waals surface area contributed by atoms with Crippen molar-refractivity contribution in [1.82, 2.24) is 14.8 Å². The van der Waals surface area contributed by atoms with Gasteiger partial charge in [0, 0.05) is 22.0 Å². The molecule has 0 aliphatic heterocycles. The van der Waals surface area contributed by atoms with Crippen LogP contribution >= 0.6 is 22.9 Å². The summed E-state index contributed by atoms with van der Waals surface area (Å²) in [6.07, 6.45) is 3.66. The van der Waals surface area contributed by atoms with Crippen LogP contribution in [-0.4, -0.2) is 27.8 Å². The summed E-state index contributed by atoms with van der Waals surface area (Å²) >= 11 is 7.59. The van der Waals surface area contributed by atoms with E-state index in [-0.39, 0.29) is 5.91 Å². The Labute approximate surface area is 207 Å². The number of benzene rings is 2. The smallest absolute Gasteiger partial charge is 0.236 e. The number of hydrogen-bond acceptors (Lipinski definition) is 5. The summed E-state index contributed by atoms with van der Waals surface area (Å²) in [6.45, 7) is 1.91. The molecule has 0 spiro atoms. The van der Waals surface area contributed by atoms with E-state index in [2.05, 4.69) is 10.4 Å². The van der Waals surface area contributed by atoms with Crippen molar-refractivity contribution in [2.24, 2.45) is 0 Å². The lowest BCUT2D eigenvalue weighted by Crippen LogP contribution is -2.38. The molecule has 6 nitrogen and oxygen atoms in total. The number of nitrogens with zero attached hydrogens (tertiary/aromatic N) is 3. The fourth-order valence-corrected chi connectivity index (χ4v) is 5.54. The van der Waals surface area contributed by atoms with Crippen LogP contribution in [0.1, 0.15) is 36.9 Å². The number of methoxy groups -OCH3 is 1. The highest BCUT2D eigenvalue weighted by atomic mass is 35.5. The van der Waals surface area contributed by atoms with Gasteiger partial charge in [0.05, 0.1) is 23.9 Å². The zero-order valence-electron chi connectivity index (χ0n) is 19.0. The van der Waals surface area contributed by atoms with Crippen LogP contribution in [0.3, 0.4) is 0 Å². The third-order valence-corrected chi connectivity index (χ3v) is 7.49. The van der Waals surface area contributed by atoms with Crippen molar-refractivity contribution in [2.75, 3.05) is 12.4 Å². The van der Waals surface area contributed by atoms with Gasteiger partial charge in [0.25, 0.3) is 0 Å². The number of anilines is 1. The molecule has 4 aromatic rings. The van der Waals surface area contributed by atoms with Gasteiger partial charge in [-0.25, -0.2) is 4.98 Å². The Morgan fingerprint density at radius 1 is 1.12 bits per heavy atom. The first kappa shape index (κ1) is 22.6. The first-order valence-electron chi connectivity index (χ1n) is 11.2. The van der Waals surface area contributed by atoms with Gasteiger partial charge < -0.3 is 10.1 Å². The number of carbonyl (C=O) groups excluding carboxylic acids is 1. The molecule has 34 heavy (non-hydrogen) atoms. The van der Waals surface area contributed by atoms with E-state index in [1.54, 1.807) is 11.8 Å². The van der Waals surface area contributed by atoms with E-state index in [4.69, 9.17) is 21.3 Å². The Bertz CT molecular complexity index is 1310. The summed E-state index contributed by atoms with van der Waals surface area (Å²) in [5, 5.41) is 11.1. The second-order valence-electron chi connectivity index (χ2n) is 8.58. The van der Waals surface area contributed by atoms with Crippen LogP contribution in [0.2, 0.25) is 5.02 Å². The quantitative estimate of drug-likeness (QED) is 0.337. The van der Waals surface area contributed by atoms with E-state index >= 15 is 0 Å². The number of carbonyl (C=O) groups is 1. The largest absolute Gasteiger partial charge is 0.497 e. The van der Waals surface area contributed by atoms with Gasteiger partial charge in [-0.3, -0.25) is 4.79 Å². The van der Waals surface area contributed by atoms with Gasteiger partial charge in [-0.05, 0) is 61.7 Å². The molecule has 2 heterocycles. The van der Waals surface area contributed by atoms with Crippen LogP contribution in [-0.2, 0) is 10.2 Å². The summed E-state index contributed by atoms with van der Waals surface area (Å²) in [6, 6.07) is 17.3. The lowest BCUT2D eigenvalue weighted by atomic mass is 9.78. The number of amides is 1. The maximum atomic E-state index is 13.7. The molecular weight excluding hydrogens is 468 g/mol. The van der Waals surface area contributed by atoms with Gasteiger partial charge in [-0.15, -0.1) is 11.3 Å². The molecule has 0 bridgehead atoms. The molecule has 2 aromatic carbocycles. The number of hydrogen-bond donors (Lipinski definition) is 1. The zero-order valence-corrected chi connectivity index (χ0v) is 20.6. The SMILES string of the molecule is COc1ccc(-c2csc(-n3nc(C)cc3NC(=O)C3(c4ccc(Cl)cc4)CCCC3)n2)cc1. The van der Waals surface area contributed by atoms with Gasteiger partial charge in [0.15, 0.2) is 0 Å². The molecule has 1 fully saturated rings. The molecule has 5 rings (SSSR count). The van der Waals surface area contributed by atoms with E-state index in [0.717, 1.165) is 53.9 Å². The highest BCUT2D eigenvalue weighted by Gasteiger charge is 2.43. The number of rotatable bonds is 6. The number of aromatic nitrogens is 3. The van der Waals surface area contributed by atoms with Crippen molar-refractivity contribution >= 4 is 34.7 Å². The van der Waals surface area contributed by atoms with Crippen molar-refractivity contribution in [1.29, 1.82) is 0 Å². The molecule has 0 unspecified atom stereocenters. The third kappa shape index (κ3) is 4.21. The predicted molar refractivity (Wildman–Crippen MR) is 136 cm³/mol. The molecule has 8 heteroatoms. The average molecular weight is 493 g/mol. The molecule has 1 aliphatic rings. The van der Waals surface area contributed by atoms with Crippen LogP contribution in [0.25, 0.3) is 16.4 Å². The van der Waals surface area contributed by atoms with Gasteiger partial charge in [0.2, 0.25) is 11.0 Å². The zero-order chi connectivity index (χ0) is 23.7. The molecule has 0 saturated heterocycles. The molecule has 1 N–H and O–H groups in total. The minimum atomic E-state index is -0.565. The Hall–Kier alpha value is -3.16. The Morgan fingerprint density at radius 3 is 2.50 bits per heavy atom. The van der Waals surface area contributed by atoms with Crippen LogP contribution in [0, 0.1) is 6.92 Å². The van der Waals surface area contributed by atoms with E-state index in [1.807, 2.05) is 66.9 Å². The highest BCUT2D eigenvalue weighted by molar-refractivity contribution is 7.12. The lowest BCUT2D eigenvalue weighted by molar-refractivity contribution is -0.121. The van der Waals surface area contributed by atoms with Crippen molar-refractivity contribution in [2.45, 2.75) is 38.0 Å². The van der Waals surface area contributed by atoms with Gasteiger partial charge in [-0.1, -0.05) is 36.6 Å². The van der Waals surface area contributed by atoms with Gasteiger partial charge in [0.1, 0.15) is 11.6 Å². The summed E-state index contributed by atoms with van der Waals surface area (Å²) in [5.41, 5.74) is 3.09. The van der Waals surface area contributed by atoms with E-state index in [1.165, 1.54) is 11.3 Å². The van der Waals surface area contributed by atoms with Crippen LogP contribution in [0.5, 0.6) is 5.75 Å². The van der Waals surface area contributed by atoms with Crippen molar-refractivity contribution in [3.05, 3.63) is 76.3 Å². The standard InChI is InChI=1S/C26H25ClN4O2S/c1-17-15-23(29-24(32)26(13-3-4-14-26)19-7-9-20(27)10-8-19)31(30-17)25-28-22(16-34-25)18-5-11-21(33-2)12-6-18/h5-12,15-16H,3-4,13-14H2,1-2H3,(H,29,32). The summed E-state index contributed by atoms with van der Waals surface area (Å²) in [7, 11) is 1.65. The number of thiazole rings is 1. The monoisotopic (exact) mass is 492 g/mol. The average Bonchev–Trinajstić information content (AvgIpc) is 3.60. The third-order valence-electron chi connectivity index (χ3n) is 6.42. The van der Waals surface area contributed by atoms with Crippen LogP contribution < -0.4 is 10.1 Å². The number of nitrogens with one attached hydrogen (secondary N) is 1. The van der Waals surface area contributed by atoms with E-state index < -0.39 is 5.41 Å². The van der Waals surface area contributed by atoms with Crippen molar-refractivity contribution in [3.8, 4) is 22.1 Å². The molecule has 2 aromatic heterocycles. The van der Waals surface area contributed by atoms with E-state index in [0.29, 0.717) is 16.0 Å². The predicted octanol–water partition coefficient (Wildman–Crippen LogP) is 6.42. The lowest BCUT2D eigenvalue weighted by Gasteiger charge is -2.28. The summed E-state index contributed by atoms with van der Waals surface area (Å²) in [4.78, 5) is 18.5. The fourth-order valence-electron chi connectivity index (χ4n) is 4.62. The maximum absolute atomic E-state index is 13.7. The van der Waals surface area contributed by atoms with Gasteiger partial charge >= 0.3 is 0 Å². The second-order valence-corrected chi connectivity index (χ2v) is 9.85. The summed E-state index contributed by atoms with van der Waals surface area (Å²) < 4.78 is 6.96. The van der Waals surface area contributed by atoms with Crippen molar-refractivity contribution < 1.29 is 9.53 Å². The molecule has 1 aliphatic carbocycles. The number of halogens is 1. The molecule has 1 amide bonds. The first-order chi connectivity index (χ1) is 16.5. The Balaban J connectivity index is 1.44. The normalized spacial score (nSPS) is 14.8. The number of aryl methyl sites for hydroxylation is 1. The van der Waals surface area contributed by atoms with Gasteiger partial charge in [-0.2, -0.15) is 9.78 Å². The molecule has 174 valence electrons. The Morgan fingerprint density at radius 2 is 1.82 bits per heavy atom. The fraction of sp³-hybridized carbons (Fsp3) is 0.269. The van der Waals surface area contributed by atoms with E-state index in [9.17, 15) is 4.79 Å². The topological polar surface area (TPSA) is 69.0 Å². The van der Waals surface area contributed by atoms with Crippen LogP contribution in [0.4, 0.5) is 5.82 Å². The minimum absolute atomic E-state index is 0.0135. The molecular formula is C26H25ClN4O2S. The van der Waals surface area contributed by atoms with Crippen LogP contribution in [0.15, 0.2) is 60.0 Å².